The van der Waals surface area contributed by atoms with Gasteiger partial charge in [0.1, 0.15) is 12.1 Å². The van der Waals surface area contributed by atoms with Gasteiger partial charge >= 0.3 is 0 Å². The Bertz CT molecular complexity index is 290. The number of nitrogens with one attached hydrogen (secondary N) is 1. The molecule has 0 saturated carbocycles. The highest BCUT2D eigenvalue weighted by Crippen LogP contribution is 2.20. The highest BCUT2D eigenvalue weighted by atomic mass is 15.0. The summed E-state index contributed by atoms with van der Waals surface area (Å²) >= 11 is 0. The van der Waals surface area contributed by atoms with Gasteiger partial charge in [0.25, 0.3) is 0 Å². The van der Waals surface area contributed by atoms with Gasteiger partial charge in [0.2, 0.25) is 0 Å². The molecule has 3 N–H and O–H groups in total. The van der Waals surface area contributed by atoms with Crippen LogP contribution in [-0.4, -0.2) is 23.1 Å². The molecule has 1 rings (SSSR count). The molecule has 4 nitrogen and oxygen atoms in total. The van der Waals surface area contributed by atoms with Crippen LogP contribution in [0.3, 0.4) is 0 Å². The van der Waals surface area contributed by atoms with Crippen LogP contribution < -0.4 is 11.1 Å². The minimum atomic E-state index is 0.0576. The second-order valence-electron chi connectivity index (χ2n) is 4.25. The molecular formula is C10H18N4. The van der Waals surface area contributed by atoms with Crippen molar-refractivity contribution < 1.29 is 0 Å². The average molecular weight is 194 g/mol. The van der Waals surface area contributed by atoms with Gasteiger partial charge in [-0.2, -0.15) is 0 Å². The van der Waals surface area contributed by atoms with Crippen molar-refractivity contribution in [1.82, 2.24) is 9.97 Å². The lowest BCUT2D eigenvalue weighted by molar-refractivity contribution is 0.567. The van der Waals surface area contributed by atoms with E-state index in [-0.39, 0.29) is 5.41 Å². The highest BCUT2D eigenvalue weighted by Gasteiger charge is 2.15. The van der Waals surface area contributed by atoms with Gasteiger partial charge in [0.05, 0.1) is 5.69 Å². The van der Waals surface area contributed by atoms with Gasteiger partial charge in [-0.05, 0) is 0 Å². The Morgan fingerprint density at radius 2 is 2.07 bits per heavy atom. The van der Waals surface area contributed by atoms with Gasteiger partial charge < -0.3 is 11.1 Å². The van der Waals surface area contributed by atoms with Crippen molar-refractivity contribution in [2.45, 2.75) is 26.2 Å². The third-order valence-electron chi connectivity index (χ3n) is 1.89. The summed E-state index contributed by atoms with van der Waals surface area (Å²) < 4.78 is 0. The largest absolute Gasteiger partial charge is 0.369 e. The first-order valence-electron chi connectivity index (χ1n) is 4.80. The van der Waals surface area contributed by atoms with Crippen LogP contribution in [0, 0.1) is 0 Å². The van der Waals surface area contributed by atoms with Crippen molar-refractivity contribution in [3.05, 3.63) is 18.1 Å². The topological polar surface area (TPSA) is 63.8 Å². The highest BCUT2D eigenvalue weighted by molar-refractivity contribution is 5.36. The van der Waals surface area contributed by atoms with Crippen LogP contribution in [0.1, 0.15) is 26.5 Å². The maximum absolute atomic E-state index is 5.39. The van der Waals surface area contributed by atoms with Crippen LogP contribution in [0.5, 0.6) is 0 Å². The standard InChI is InChI=1S/C10H18N4/c1-10(2,3)8-6-9(12-5-4-11)14-7-13-8/h6-7H,4-5,11H2,1-3H3,(H,12,13,14). The maximum Gasteiger partial charge on any atom is 0.129 e. The molecule has 78 valence electrons. The van der Waals surface area contributed by atoms with E-state index in [1.165, 1.54) is 0 Å². The molecule has 0 saturated heterocycles. The first-order valence-corrected chi connectivity index (χ1v) is 4.80. The molecule has 0 spiro atoms. The number of aromatic nitrogens is 2. The summed E-state index contributed by atoms with van der Waals surface area (Å²) in [6.07, 6.45) is 1.58. The number of anilines is 1. The van der Waals surface area contributed by atoms with Crippen LogP contribution in [-0.2, 0) is 5.41 Å². The van der Waals surface area contributed by atoms with Crippen molar-refractivity contribution in [1.29, 1.82) is 0 Å². The Morgan fingerprint density at radius 1 is 1.36 bits per heavy atom. The van der Waals surface area contributed by atoms with E-state index >= 15 is 0 Å². The third kappa shape index (κ3) is 2.96. The molecule has 0 aliphatic heterocycles. The molecule has 4 heteroatoms. The van der Waals surface area contributed by atoms with E-state index in [2.05, 4.69) is 36.1 Å². The zero-order valence-corrected chi connectivity index (χ0v) is 9.04. The molecular weight excluding hydrogens is 176 g/mol. The Kier molecular flexibility index (Phi) is 3.41. The third-order valence-corrected chi connectivity index (χ3v) is 1.89. The molecule has 0 fully saturated rings. The van der Waals surface area contributed by atoms with Crippen molar-refractivity contribution in [3.8, 4) is 0 Å². The molecule has 1 heterocycles. The summed E-state index contributed by atoms with van der Waals surface area (Å²) in [4.78, 5) is 8.35. The van der Waals surface area contributed by atoms with Crippen LogP contribution >= 0.6 is 0 Å². The number of hydrogen-bond donors (Lipinski definition) is 2. The Balaban J connectivity index is 2.79. The second-order valence-corrected chi connectivity index (χ2v) is 4.25. The first-order chi connectivity index (χ1) is 6.54. The molecule has 0 atom stereocenters. The van der Waals surface area contributed by atoms with Crippen molar-refractivity contribution in [3.63, 3.8) is 0 Å². The van der Waals surface area contributed by atoms with Gasteiger partial charge in [-0.1, -0.05) is 20.8 Å². The molecule has 1 aromatic rings. The van der Waals surface area contributed by atoms with Gasteiger partial charge in [-0.25, -0.2) is 9.97 Å². The zero-order chi connectivity index (χ0) is 10.6. The first kappa shape index (κ1) is 10.9. The minimum Gasteiger partial charge on any atom is -0.369 e. The Labute approximate surface area is 85.0 Å². The SMILES string of the molecule is CC(C)(C)c1cc(NCCN)ncn1. The van der Waals surface area contributed by atoms with Crippen molar-refractivity contribution >= 4 is 5.82 Å². The lowest BCUT2D eigenvalue weighted by atomic mass is 9.92. The monoisotopic (exact) mass is 194 g/mol. The number of nitrogens with two attached hydrogens (primary N) is 1. The van der Waals surface area contributed by atoms with E-state index in [0.29, 0.717) is 6.54 Å². The van der Waals surface area contributed by atoms with Crippen LogP contribution in [0.2, 0.25) is 0 Å². The van der Waals surface area contributed by atoms with Gasteiger partial charge in [-0.3, -0.25) is 0 Å². The summed E-state index contributed by atoms with van der Waals surface area (Å²) in [5.41, 5.74) is 6.49. The minimum absolute atomic E-state index is 0.0576. The van der Waals surface area contributed by atoms with Crippen molar-refractivity contribution in [2.75, 3.05) is 18.4 Å². The predicted octanol–water partition coefficient (Wildman–Crippen LogP) is 1.14. The summed E-state index contributed by atoms with van der Waals surface area (Å²) in [5.74, 6) is 0.843. The number of hydrogen-bond acceptors (Lipinski definition) is 4. The number of nitrogens with zero attached hydrogens (tertiary/aromatic N) is 2. The fourth-order valence-corrected chi connectivity index (χ4v) is 1.06. The summed E-state index contributed by atoms with van der Waals surface area (Å²) in [6, 6.07) is 1.97. The summed E-state index contributed by atoms with van der Waals surface area (Å²) in [7, 11) is 0. The normalized spacial score (nSPS) is 11.4. The molecule has 0 unspecified atom stereocenters. The smallest absolute Gasteiger partial charge is 0.129 e. The number of rotatable bonds is 3. The quantitative estimate of drug-likeness (QED) is 0.757. The lowest BCUT2D eigenvalue weighted by Crippen LogP contribution is -2.17. The van der Waals surface area contributed by atoms with Crippen LogP contribution in [0.25, 0.3) is 0 Å². The van der Waals surface area contributed by atoms with E-state index in [1.807, 2.05) is 6.07 Å². The predicted molar refractivity (Wildman–Crippen MR) is 58.3 cm³/mol. The van der Waals surface area contributed by atoms with Gasteiger partial charge in [-0.15, -0.1) is 0 Å². The molecule has 0 radical (unpaired) electrons. The fourth-order valence-electron chi connectivity index (χ4n) is 1.06. The fraction of sp³-hybridized carbons (Fsp3) is 0.600. The second kappa shape index (κ2) is 4.37. The van der Waals surface area contributed by atoms with E-state index in [4.69, 9.17) is 5.73 Å². The van der Waals surface area contributed by atoms with Gasteiger partial charge in [0, 0.05) is 24.6 Å². The van der Waals surface area contributed by atoms with E-state index in [0.717, 1.165) is 18.1 Å². The van der Waals surface area contributed by atoms with E-state index in [9.17, 15) is 0 Å². The van der Waals surface area contributed by atoms with Crippen LogP contribution in [0.15, 0.2) is 12.4 Å². The molecule has 0 amide bonds. The Morgan fingerprint density at radius 3 is 2.64 bits per heavy atom. The van der Waals surface area contributed by atoms with E-state index < -0.39 is 0 Å². The maximum atomic E-state index is 5.39. The van der Waals surface area contributed by atoms with Crippen molar-refractivity contribution in [2.24, 2.45) is 5.73 Å². The molecule has 14 heavy (non-hydrogen) atoms. The molecule has 0 aliphatic rings. The summed E-state index contributed by atoms with van der Waals surface area (Å²) in [5, 5.41) is 3.13. The van der Waals surface area contributed by atoms with Crippen LogP contribution in [0.4, 0.5) is 5.82 Å². The van der Waals surface area contributed by atoms with E-state index in [1.54, 1.807) is 6.33 Å². The average Bonchev–Trinajstić information content (AvgIpc) is 2.14. The molecule has 0 bridgehead atoms. The molecule has 0 aromatic carbocycles. The lowest BCUT2D eigenvalue weighted by Gasteiger charge is -2.17. The van der Waals surface area contributed by atoms with Gasteiger partial charge in [0.15, 0.2) is 0 Å². The summed E-state index contributed by atoms with van der Waals surface area (Å²) in [6.45, 7) is 7.72. The zero-order valence-electron chi connectivity index (χ0n) is 9.04. The molecule has 1 aromatic heterocycles. The Hall–Kier alpha value is -1.16. The molecule has 0 aliphatic carbocycles.